The van der Waals surface area contributed by atoms with Gasteiger partial charge in [0.25, 0.3) is 0 Å². The van der Waals surface area contributed by atoms with Gasteiger partial charge in [-0.3, -0.25) is 4.79 Å². The van der Waals surface area contributed by atoms with E-state index in [-0.39, 0.29) is 5.78 Å². The van der Waals surface area contributed by atoms with Gasteiger partial charge in [-0.25, -0.2) is 0 Å². The highest BCUT2D eigenvalue weighted by molar-refractivity contribution is 9.10. The minimum absolute atomic E-state index is 0.00149. The van der Waals surface area contributed by atoms with Crippen molar-refractivity contribution in [3.05, 3.63) is 64.1 Å². The fourth-order valence-corrected chi connectivity index (χ4v) is 3.62. The maximum atomic E-state index is 12.6. The van der Waals surface area contributed by atoms with E-state index in [1.807, 2.05) is 36.4 Å². The minimum Gasteiger partial charge on any atom is -0.493 e. The lowest BCUT2D eigenvalue weighted by molar-refractivity contribution is 0.104. The molecule has 1 heterocycles. The summed E-state index contributed by atoms with van der Waals surface area (Å²) in [4.78, 5) is 15.0. The van der Waals surface area contributed by atoms with Gasteiger partial charge in [0, 0.05) is 34.4 Å². The summed E-state index contributed by atoms with van der Waals surface area (Å²) in [6.45, 7) is 4.95. The summed E-state index contributed by atoms with van der Waals surface area (Å²) in [5.74, 6) is 0.797. The number of nitrogens with zero attached hydrogens (tertiary/aromatic N) is 1. The second kappa shape index (κ2) is 9.75. The summed E-state index contributed by atoms with van der Waals surface area (Å²) in [6, 6.07) is 13.8. The smallest absolute Gasteiger partial charge is 0.185 e. The van der Waals surface area contributed by atoms with Gasteiger partial charge in [0.2, 0.25) is 0 Å². The van der Waals surface area contributed by atoms with Crippen molar-refractivity contribution in [2.24, 2.45) is 0 Å². The summed E-state index contributed by atoms with van der Waals surface area (Å²) in [7, 11) is 0. The van der Waals surface area contributed by atoms with Gasteiger partial charge in [0.1, 0.15) is 5.75 Å². The number of ketones is 1. The van der Waals surface area contributed by atoms with Crippen LogP contribution in [0.25, 0.3) is 6.08 Å². The van der Waals surface area contributed by atoms with Gasteiger partial charge in [-0.1, -0.05) is 22.9 Å². The van der Waals surface area contributed by atoms with Crippen molar-refractivity contribution >= 4 is 33.5 Å². The van der Waals surface area contributed by atoms with Crippen LogP contribution in [0.2, 0.25) is 0 Å². The number of benzene rings is 2. The first-order valence-corrected chi connectivity index (χ1v) is 10.5. The quantitative estimate of drug-likeness (QED) is 0.393. The van der Waals surface area contributed by atoms with Crippen molar-refractivity contribution in [1.82, 2.24) is 0 Å². The van der Waals surface area contributed by atoms with E-state index < -0.39 is 0 Å². The molecule has 3 rings (SSSR count). The Labute approximate surface area is 170 Å². The first kappa shape index (κ1) is 19.7. The van der Waals surface area contributed by atoms with Gasteiger partial charge in [0.15, 0.2) is 5.78 Å². The van der Waals surface area contributed by atoms with Gasteiger partial charge in [-0.05, 0) is 80.3 Å². The second-order valence-electron chi connectivity index (χ2n) is 6.82. The summed E-state index contributed by atoms with van der Waals surface area (Å²) in [5.41, 5.74) is 2.81. The normalized spacial score (nSPS) is 14.5. The molecule has 0 atom stereocenters. The van der Waals surface area contributed by atoms with Crippen molar-refractivity contribution in [2.45, 2.75) is 32.6 Å². The van der Waals surface area contributed by atoms with Crippen LogP contribution in [0.15, 0.2) is 53.0 Å². The Balaban J connectivity index is 1.70. The lowest BCUT2D eigenvalue weighted by Gasteiger charge is -2.28. The maximum Gasteiger partial charge on any atom is 0.185 e. The Morgan fingerprint density at radius 3 is 2.56 bits per heavy atom. The molecule has 0 aromatic heterocycles. The first-order valence-electron chi connectivity index (χ1n) is 9.67. The van der Waals surface area contributed by atoms with Crippen LogP contribution in [-0.2, 0) is 0 Å². The number of hydrogen-bond donors (Lipinski definition) is 0. The van der Waals surface area contributed by atoms with E-state index in [0.717, 1.165) is 35.3 Å². The largest absolute Gasteiger partial charge is 0.493 e. The zero-order valence-corrected chi connectivity index (χ0v) is 17.4. The molecule has 0 radical (unpaired) electrons. The van der Waals surface area contributed by atoms with Crippen LogP contribution in [-0.4, -0.2) is 25.5 Å². The van der Waals surface area contributed by atoms with E-state index in [2.05, 4.69) is 39.9 Å². The Morgan fingerprint density at radius 2 is 1.85 bits per heavy atom. The molecule has 0 bridgehead atoms. The fraction of sp³-hybridized carbons (Fsp3) is 0.348. The van der Waals surface area contributed by atoms with E-state index >= 15 is 0 Å². The molecule has 0 spiro atoms. The molecule has 1 aliphatic heterocycles. The van der Waals surface area contributed by atoms with Crippen LogP contribution in [0.5, 0.6) is 5.75 Å². The maximum absolute atomic E-state index is 12.6. The van der Waals surface area contributed by atoms with Gasteiger partial charge < -0.3 is 9.64 Å². The lowest BCUT2D eigenvalue weighted by atomic mass is 10.1. The molecular weight excluding hydrogens is 402 g/mol. The zero-order valence-electron chi connectivity index (χ0n) is 15.8. The fourth-order valence-electron chi connectivity index (χ4n) is 3.24. The van der Waals surface area contributed by atoms with Crippen molar-refractivity contribution in [3.8, 4) is 5.75 Å². The molecule has 0 amide bonds. The molecule has 1 saturated heterocycles. The number of anilines is 1. The van der Waals surface area contributed by atoms with Gasteiger partial charge in [-0.15, -0.1) is 0 Å². The average molecular weight is 428 g/mol. The third-order valence-electron chi connectivity index (χ3n) is 4.72. The molecule has 0 aliphatic carbocycles. The van der Waals surface area contributed by atoms with Crippen LogP contribution < -0.4 is 9.64 Å². The van der Waals surface area contributed by atoms with Crippen molar-refractivity contribution in [1.29, 1.82) is 0 Å². The number of allylic oxidation sites excluding steroid dienone is 1. The molecule has 27 heavy (non-hydrogen) atoms. The number of halogens is 1. The third-order valence-corrected chi connectivity index (χ3v) is 5.21. The minimum atomic E-state index is 0.00149. The molecule has 2 aromatic carbocycles. The molecule has 0 unspecified atom stereocenters. The van der Waals surface area contributed by atoms with Crippen molar-refractivity contribution in [2.75, 3.05) is 24.6 Å². The molecule has 4 heteroatoms. The van der Waals surface area contributed by atoms with Crippen molar-refractivity contribution in [3.63, 3.8) is 0 Å². The van der Waals surface area contributed by atoms with E-state index in [1.165, 1.54) is 24.9 Å². The SMILES string of the molecule is CCCOc1ccc(Br)cc1/C=C/C(=O)c1ccc(N2CCCCC2)cc1. The molecule has 1 aliphatic rings. The van der Waals surface area contributed by atoms with Gasteiger partial charge in [0.05, 0.1) is 6.61 Å². The number of piperidine rings is 1. The number of carbonyl (C=O) groups excluding carboxylic acids is 1. The molecule has 0 saturated carbocycles. The summed E-state index contributed by atoms with van der Waals surface area (Å²) in [5, 5.41) is 0. The molecule has 142 valence electrons. The summed E-state index contributed by atoms with van der Waals surface area (Å²) >= 11 is 3.48. The highest BCUT2D eigenvalue weighted by Gasteiger charge is 2.11. The van der Waals surface area contributed by atoms with E-state index in [4.69, 9.17) is 4.74 Å². The average Bonchev–Trinajstić information content (AvgIpc) is 2.72. The number of carbonyl (C=O) groups is 1. The van der Waals surface area contributed by atoms with Crippen LogP contribution >= 0.6 is 15.9 Å². The Kier molecular flexibility index (Phi) is 7.11. The monoisotopic (exact) mass is 427 g/mol. The predicted molar refractivity (Wildman–Crippen MR) is 116 cm³/mol. The van der Waals surface area contributed by atoms with Crippen LogP contribution in [0, 0.1) is 0 Å². The van der Waals surface area contributed by atoms with E-state index in [0.29, 0.717) is 12.2 Å². The third kappa shape index (κ3) is 5.46. The topological polar surface area (TPSA) is 29.5 Å². The molecule has 3 nitrogen and oxygen atoms in total. The summed E-state index contributed by atoms with van der Waals surface area (Å²) < 4.78 is 6.74. The number of ether oxygens (including phenoxy) is 1. The molecule has 1 fully saturated rings. The number of hydrogen-bond acceptors (Lipinski definition) is 3. The number of rotatable bonds is 7. The molecule has 2 aromatic rings. The van der Waals surface area contributed by atoms with Crippen LogP contribution in [0.1, 0.15) is 48.5 Å². The first-order chi connectivity index (χ1) is 13.2. The molecular formula is C23H26BrNO2. The lowest BCUT2D eigenvalue weighted by Crippen LogP contribution is -2.29. The Hall–Kier alpha value is -2.07. The Bertz CT molecular complexity index is 793. The van der Waals surface area contributed by atoms with E-state index in [9.17, 15) is 4.79 Å². The second-order valence-corrected chi connectivity index (χ2v) is 7.74. The highest BCUT2D eigenvalue weighted by atomic mass is 79.9. The van der Waals surface area contributed by atoms with Gasteiger partial charge in [-0.2, -0.15) is 0 Å². The summed E-state index contributed by atoms with van der Waals surface area (Å²) in [6.07, 6.45) is 8.21. The Morgan fingerprint density at radius 1 is 1.11 bits per heavy atom. The highest BCUT2D eigenvalue weighted by Crippen LogP contribution is 2.25. The van der Waals surface area contributed by atoms with Crippen LogP contribution in [0.4, 0.5) is 5.69 Å². The molecule has 0 N–H and O–H groups in total. The standard InChI is InChI=1S/C23H26BrNO2/c1-2-16-27-23-13-9-20(24)17-19(23)8-12-22(26)18-6-10-21(11-7-18)25-14-4-3-5-15-25/h6-13,17H,2-5,14-16H2,1H3/b12-8+. The van der Waals surface area contributed by atoms with E-state index in [1.54, 1.807) is 6.08 Å². The predicted octanol–water partition coefficient (Wildman–Crippen LogP) is 6.12. The van der Waals surface area contributed by atoms with Gasteiger partial charge >= 0.3 is 0 Å². The zero-order chi connectivity index (χ0) is 19.1. The van der Waals surface area contributed by atoms with Crippen molar-refractivity contribution < 1.29 is 9.53 Å². The van der Waals surface area contributed by atoms with Crippen LogP contribution in [0.3, 0.4) is 0 Å².